The van der Waals surface area contributed by atoms with E-state index in [9.17, 15) is 28.8 Å². The minimum Gasteiger partial charge on any atom is -0.377 e. The standard InChI is InChI=1S/C54H82N12O8S2/c1-2-36-14-13-15-37(30-36)51(71)59-24-26-73-28-29-74-27-25-60-52(72)38-31-39(61-47(69)20-5-3-11-22-57-45(67)18-9-7-16-43-49-41(34-75-43)63-53(55)65-49)33-40(32-38)62-48(70)21-6-4-12-23-58-46(68)19-10-8-17-44-50-42(35-76-44)64-54(56)66-50/h13-15,30-33,41-44,49-50H,2-12,16-29,34-35H2,1H3,(H,57,67)(H,58,68)(H,59,71)(H,60,72)(H,61,69)(H,62,70)(H3,55,63,65)(H3,56,64,66)/t41-,42-,43-,44-,49-,50-/m0/s1. The van der Waals surface area contributed by atoms with Gasteiger partial charge in [-0.25, -0.2) is 9.98 Å². The highest BCUT2D eigenvalue weighted by Crippen LogP contribution is 2.36. The Balaban J connectivity index is 0.851. The Hall–Kier alpha value is -5.58. The Kier molecular flexibility index (Phi) is 25.8. The van der Waals surface area contributed by atoms with Crippen LogP contribution in [-0.4, -0.2) is 146 Å². The lowest BCUT2D eigenvalue weighted by molar-refractivity contribution is -0.122. The number of hydrogen-bond acceptors (Lipinski definition) is 16. The summed E-state index contributed by atoms with van der Waals surface area (Å²) in [6, 6.07) is 13.4. The van der Waals surface area contributed by atoms with E-state index in [2.05, 4.69) is 52.5 Å². The molecule has 6 amide bonds. The van der Waals surface area contributed by atoms with E-state index in [0.29, 0.717) is 117 Å². The number of aliphatic imine (C=N–C) groups is 2. The quantitative estimate of drug-likeness (QED) is 0.0425. The van der Waals surface area contributed by atoms with Crippen LogP contribution in [0.4, 0.5) is 11.4 Å². The summed E-state index contributed by atoms with van der Waals surface area (Å²) in [6.45, 7) is 4.85. The molecule has 0 spiro atoms. The van der Waals surface area contributed by atoms with Gasteiger partial charge in [0.05, 0.1) is 50.6 Å². The molecule has 2 fully saturated rings. The van der Waals surface area contributed by atoms with Crippen molar-refractivity contribution in [3.8, 4) is 0 Å². The highest BCUT2D eigenvalue weighted by molar-refractivity contribution is 8.00. The van der Waals surface area contributed by atoms with Gasteiger partial charge in [-0.2, -0.15) is 23.5 Å². The number of unbranched alkanes of at least 4 members (excludes halogenated alkanes) is 6. The first kappa shape index (κ1) is 59.7. The fourth-order valence-electron chi connectivity index (χ4n) is 9.60. The van der Waals surface area contributed by atoms with Gasteiger partial charge < -0.3 is 63.5 Å². The van der Waals surface area contributed by atoms with E-state index in [1.807, 2.05) is 48.6 Å². The first-order valence-electron chi connectivity index (χ1n) is 27.5. The summed E-state index contributed by atoms with van der Waals surface area (Å²) in [6.07, 6.45) is 12.1. The predicted molar refractivity (Wildman–Crippen MR) is 303 cm³/mol. The van der Waals surface area contributed by atoms with E-state index in [1.54, 1.807) is 24.3 Å². The highest BCUT2D eigenvalue weighted by atomic mass is 32.2. The van der Waals surface area contributed by atoms with Gasteiger partial charge in [0.15, 0.2) is 11.9 Å². The number of amides is 6. The molecule has 76 heavy (non-hydrogen) atoms. The number of thioether (sulfide) groups is 2. The first-order valence-corrected chi connectivity index (χ1v) is 29.6. The van der Waals surface area contributed by atoms with Gasteiger partial charge in [0, 0.05) is 96.4 Å². The molecule has 4 aliphatic rings. The zero-order chi connectivity index (χ0) is 53.9. The van der Waals surface area contributed by atoms with Crippen LogP contribution in [0.25, 0.3) is 0 Å². The van der Waals surface area contributed by atoms with Crippen molar-refractivity contribution in [3.05, 3.63) is 59.2 Å². The highest BCUT2D eigenvalue weighted by Gasteiger charge is 2.41. The van der Waals surface area contributed by atoms with Gasteiger partial charge in [-0.1, -0.05) is 44.7 Å². The number of guanidine groups is 2. The van der Waals surface area contributed by atoms with Crippen LogP contribution in [-0.2, 0) is 35.1 Å². The summed E-state index contributed by atoms with van der Waals surface area (Å²) >= 11 is 3.85. The average molecular weight is 1090 g/mol. The van der Waals surface area contributed by atoms with Crippen LogP contribution in [0.5, 0.6) is 0 Å². The summed E-state index contributed by atoms with van der Waals surface area (Å²) in [7, 11) is 0. The summed E-state index contributed by atoms with van der Waals surface area (Å²) in [4.78, 5) is 86.0. The van der Waals surface area contributed by atoms with Gasteiger partial charge in [-0.05, 0) is 93.7 Å². The average Bonchev–Trinajstić information content (AvgIpc) is 4.18. The van der Waals surface area contributed by atoms with Gasteiger partial charge in [0.25, 0.3) is 11.8 Å². The van der Waals surface area contributed by atoms with Crippen molar-refractivity contribution >= 4 is 82.3 Å². The number of nitrogens with two attached hydrogens (primary N) is 2. The van der Waals surface area contributed by atoms with Crippen molar-refractivity contribution < 1.29 is 38.2 Å². The molecule has 12 N–H and O–H groups in total. The van der Waals surface area contributed by atoms with Gasteiger partial charge in [-0.15, -0.1) is 0 Å². The Morgan fingerprint density at radius 2 is 1.03 bits per heavy atom. The zero-order valence-electron chi connectivity index (χ0n) is 44.2. The van der Waals surface area contributed by atoms with Gasteiger partial charge in [0.2, 0.25) is 23.6 Å². The minimum absolute atomic E-state index is 0.0353. The van der Waals surface area contributed by atoms with E-state index in [1.165, 1.54) is 0 Å². The van der Waals surface area contributed by atoms with Crippen LogP contribution in [0, 0.1) is 0 Å². The molecule has 0 aromatic heterocycles. The smallest absolute Gasteiger partial charge is 0.251 e. The van der Waals surface area contributed by atoms with Gasteiger partial charge in [-0.3, -0.25) is 28.8 Å². The molecule has 6 atom stereocenters. The van der Waals surface area contributed by atoms with Crippen LogP contribution in [0.15, 0.2) is 52.4 Å². The molecule has 0 radical (unpaired) electrons. The maximum atomic E-state index is 13.4. The van der Waals surface area contributed by atoms with Crippen LogP contribution in [0.3, 0.4) is 0 Å². The molecular weight excluding hydrogens is 1010 g/mol. The lowest BCUT2D eigenvalue weighted by atomic mass is 10.0. The normalized spacial score (nSPS) is 20.1. The van der Waals surface area contributed by atoms with E-state index < -0.39 is 5.91 Å². The van der Waals surface area contributed by atoms with E-state index in [-0.39, 0.29) is 73.2 Å². The molecule has 0 aliphatic carbocycles. The Labute approximate surface area is 456 Å². The number of fused-ring (bicyclic) bond motifs is 2. The minimum atomic E-state index is -0.406. The third kappa shape index (κ3) is 21.1. The number of aryl methyl sites for hydroxylation is 1. The maximum absolute atomic E-state index is 13.4. The number of benzene rings is 2. The second-order valence-electron chi connectivity index (χ2n) is 19.8. The second kappa shape index (κ2) is 32.9. The molecule has 0 unspecified atom stereocenters. The topological polar surface area (TPSA) is 294 Å². The molecule has 2 aromatic carbocycles. The van der Waals surface area contributed by atoms with Crippen LogP contribution in [0.1, 0.15) is 136 Å². The third-order valence-electron chi connectivity index (χ3n) is 13.7. The zero-order valence-corrected chi connectivity index (χ0v) is 45.9. The molecule has 2 aromatic rings. The summed E-state index contributed by atoms with van der Waals surface area (Å²) in [5.41, 5.74) is 14.4. The molecular formula is C54H82N12O8S2. The lowest BCUT2D eigenvalue weighted by Gasteiger charge is -2.14. The van der Waals surface area contributed by atoms with Crippen molar-refractivity contribution in [2.45, 2.75) is 151 Å². The SMILES string of the molecule is CCc1cccc(C(=O)NCCOCCOCCNC(=O)c2cc(NC(=O)CCCCCNC(=O)CCCC[C@@H]3SC[C@@H]4NC(N)=N[C@@H]43)cc(NC(=O)CCCCCNC(=O)CCCC[C@@H]3SC[C@@H]4NC(N)=N[C@@H]43)c2)c1. The molecule has 6 rings (SSSR count). The van der Waals surface area contributed by atoms with Gasteiger partial charge >= 0.3 is 0 Å². The van der Waals surface area contributed by atoms with E-state index in [0.717, 1.165) is 87.7 Å². The Bertz CT molecular complexity index is 2180. The number of carbonyl (C=O) groups excluding carboxylic acids is 6. The Morgan fingerprint density at radius 1 is 0.553 bits per heavy atom. The molecule has 20 nitrogen and oxygen atoms in total. The van der Waals surface area contributed by atoms with Crippen molar-refractivity contribution in [2.75, 3.05) is 74.7 Å². The second-order valence-corrected chi connectivity index (χ2v) is 22.3. The number of carbonyl (C=O) groups is 6. The van der Waals surface area contributed by atoms with E-state index >= 15 is 0 Å². The molecule has 0 saturated carbocycles. The number of anilines is 2. The van der Waals surface area contributed by atoms with Crippen molar-refractivity contribution in [1.29, 1.82) is 0 Å². The first-order chi connectivity index (χ1) is 36.9. The van der Waals surface area contributed by atoms with Crippen molar-refractivity contribution in [1.82, 2.24) is 31.9 Å². The van der Waals surface area contributed by atoms with Crippen molar-refractivity contribution in [2.24, 2.45) is 21.5 Å². The number of nitrogens with zero attached hydrogens (tertiary/aromatic N) is 2. The molecule has 2 saturated heterocycles. The maximum Gasteiger partial charge on any atom is 0.251 e. The number of ether oxygens (including phenoxy) is 2. The van der Waals surface area contributed by atoms with Crippen LogP contribution in [0.2, 0.25) is 0 Å². The molecule has 0 bridgehead atoms. The summed E-state index contributed by atoms with van der Waals surface area (Å²) < 4.78 is 11.2. The fraction of sp³-hybridized carbons (Fsp3) is 0.630. The monoisotopic (exact) mass is 1090 g/mol. The molecule has 22 heteroatoms. The van der Waals surface area contributed by atoms with Crippen LogP contribution < -0.4 is 54.0 Å². The Morgan fingerprint density at radius 3 is 1.53 bits per heavy atom. The van der Waals surface area contributed by atoms with Crippen LogP contribution >= 0.6 is 23.5 Å². The number of nitrogens with one attached hydrogen (secondary N) is 8. The summed E-state index contributed by atoms with van der Waals surface area (Å²) in [5, 5.41) is 24.8. The summed E-state index contributed by atoms with van der Waals surface area (Å²) in [5.74, 6) is 2.13. The third-order valence-corrected chi connectivity index (χ3v) is 16.7. The largest absolute Gasteiger partial charge is 0.377 e. The number of rotatable bonds is 36. The number of hydrogen-bond donors (Lipinski definition) is 10. The lowest BCUT2D eigenvalue weighted by Crippen LogP contribution is -2.38. The van der Waals surface area contributed by atoms with Crippen molar-refractivity contribution in [3.63, 3.8) is 0 Å². The van der Waals surface area contributed by atoms with E-state index in [4.69, 9.17) is 20.9 Å². The fourth-order valence-corrected chi connectivity index (χ4v) is 12.6. The molecule has 418 valence electrons. The van der Waals surface area contributed by atoms with Gasteiger partial charge in [0.1, 0.15) is 0 Å². The molecule has 4 heterocycles. The molecule has 4 aliphatic heterocycles. The predicted octanol–water partition coefficient (Wildman–Crippen LogP) is 4.33.